The van der Waals surface area contributed by atoms with E-state index in [-0.39, 0.29) is 18.1 Å². The van der Waals surface area contributed by atoms with E-state index >= 15 is 0 Å². The van der Waals surface area contributed by atoms with E-state index in [0.29, 0.717) is 22.3 Å². The second-order valence-corrected chi connectivity index (χ2v) is 4.79. The Hall–Kier alpha value is -1.80. The van der Waals surface area contributed by atoms with Gasteiger partial charge in [-0.15, -0.1) is 10.2 Å². The van der Waals surface area contributed by atoms with Crippen LogP contribution in [0.4, 0.5) is 4.53 Å². The number of benzene rings is 1. The van der Waals surface area contributed by atoms with Gasteiger partial charge in [0.15, 0.2) is 11.0 Å². The van der Waals surface area contributed by atoms with Crippen LogP contribution in [-0.2, 0) is 12.0 Å². The van der Waals surface area contributed by atoms with E-state index in [1.807, 2.05) is 0 Å². The van der Waals surface area contributed by atoms with Gasteiger partial charge in [0.1, 0.15) is 11.5 Å². The lowest BCUT2D eigenvalue weighted by atomic mass is 10.2. The molecule has 2 aromatic rings. The van der Waals surface area contributed by atoms with Gasteiger partial charge in [0, 0.05) is 18.9 Å². The average Bonchev–Trinajstić information content (AvgIpc) is 2.72. The molecule has 0 bridgehead atoms. The normalized spacial score (nSPS) is 10.8. The van der Waals surface area contributed by atoms with Gasteiger partial charge in [-0.1, -0.05) is 11.8 Å². The molecule has 0 saturated carbocycles. The summed E-state index contributed by atoms with van der Waals surface area (Å²) in [6, 6.07) is 4.23. The highest BCUT2D eigenvalue weighted by atomic mass is 32.2. The SMILES string of the molecule is Cn1c(SCCOF)nnc1-c1ccc(O)cc1O. The monoisotopic (exact) mass is 285 g/mol. The van der Waals surface area contributed by atoms with Crippen molar-refractivity contribution in [2.45, 2.75) is 5.16 Å². The largest absolute Gasteiger partial charge is 0.508 e. The molecule has 0 unspecified atom stereocenters. The van der Waals surface area contributed by atoms with Gasteiger partial charge in [-0.3, -0.25) is 0 Å². The Morgan fingerprint density at radius 3 is 2.84 bits per heavy atom. The van der Waals surface area contributed by atoms with Gasteiger partial charge in [-0.2, -0.15) is 4.94 Å². The number of hydrogen-bond donors (Lipinski definition) is 2. The van der Waals surface area contributed by atoms with E-state index in [1.165, 1.54) is 23.9 Å². The van der Waals surface area contributed by atoms with Crippen LogP contribution in [0.1, 0.15) is 0 Å². The summed E-state index contributed by atoms with van der Waals surface area (Å²) < 4.78 is 13.2. The maximum Gasteiger partial charge on any atom is 0.191 e. The molecule has 0 aliphatic heterocycles. The van der Waals surface area contributed by atoms with Gasteiger partial charge in [-0.05, 0) is 16.7 Å². The number of hydrogen-bond acceptors (Lipinski definition) is 6. The molecule has 2 rings (SSSR count). The molecule has 0 saturated heterocycles. The topological polar surface area (TPSA) is 80.4 Å². The zero-order valence-corrected chi connectivity index (χ0v) is 10.9. The first-order chi connectivity index (χ1) is 9.13. The molecule has 1 aromatic carbocycles. The second-order valence-electron chi connectivity index (χ2n) is 3.73. The molecule has 1 aromatic heterocycles. The minimum Gasteiger partial charge on any atom is -0.508 e. The van der Waals surface area contributed by atoms with Crippen LogP contribution in [0.5, 0.6) is 11.5 Å². The quantitative estimate of drug-likeness (QED) is 0.645. The zero-order valence-electron chi connectivity index (χ0n) is 10.1. The van der Waals surface area contributed by atoms with Gasteiger partial charge < -0.3 is 14.8 Å². The summed E-state index contributed by atoms with van der Waals surface area (Å²) >= 11 is 1.29. The predicted octanol–water partition coefficient (Wildman–Crippen LogP) is 1.89. The molecule has 0 aliphatic rings. The fraction of sp³-hybridized carbons (Fsp3) is 0.273. The molecule has 8 heteroatoms. The van der Waals surface area contributed by atoms with E-state index < -0.39 is 0 Å². The third kappa shape index (κ3) is 2.96. The highest BCUT2D eigenvalue weighted by Crippen LogP contribution is 2.32. The summed E-state index contributed by atoms with van der Waals surface area (Å²) in [7, 11) is 1.74. The summed E-state index contributed by atoms with van der Waals surface area (Å²) in [4.78, 5) is 3.48. The molecule has 0 amide bonds. The smallest absolute Gasteiger partial charge is 0.191 e. The highest BCUT2D eigenvalue weighted by Gasteiger charge is 2.14. The number of nitrogens with zero attached hydrogens (tertiary/aromatic N) is 3. The van der Waals surface area contributed by atoms with Gasteiger partial charge in [0.05, 0.1) is 12.2 Å². The molecular formula is C11H12FN3O3S. The first-order valence-electron chi connectivity index (χ1n) is 5.41. The van der Waals surface area contributed by atoms with Crippen molar-refractivity contribution in [1.29, 1.82) is 0 Å². The molecule has 0 aliphatic carbocycles. The minimum absolute atomic E-state index is 0.0295. The van der Waals surface area contributed by atoms with Crippen molar-refractivity contribution in [3.8, 4) is 22.9 Å². The van der Waals surface area contributed by atoms with E-state index in [2.05, 4.69) is 15.1 Å². The third-order valence-corrected chi connectivity index (χ3v) is 3.43. The van der Waals surface area contributed by atoms with Gasteiger partial charge in [0.25, 0.3) is 0 Å². The highest BCUT2D eigenvalue weighted by molar-refractivity contribution is 7.99. The standard InChI is InChI=1S/C11H12FN3O3S/c1-15-10(8-3-2-7(16)6-9(8)17)13-14-11(15)19-5-4-18-12/h2-3,6,16-17H,4-5H2,1H3. The van der Waals surface area contributed by atoms with Crippen molar-refractivity contribution in [3.05, 3.63) is 18.2 Å². The van der Waals surface area contributed by atoms with Crippen LogP contribution in [0.3, 0.4) is 0 Å². The number of halogens is 1. The molecule has 2 N–H and O–H groups in total. The van der Waals surface area contributed by atoms with Gasteiger partial charge >= 0.3 is 0 Å². The molecule has 6 nitrogen and oxygen atoms in total. The van der Waals surface area contributed by atoms with Crippen LogP contribution < -0.4 is 0 Å². The molecule has 102 valence electrons. The van der Waals surface area contributed by atoms with Crippen molar-refractivity contribution < 1.29 is 19.7 Å². The van der Waals surface area contributed by atoms with E-state index in [9.17, 15) is 14.7 Å². The maximum absolute atomic E-state index is 11.5. The lowest BCUT2D eigenvalue weighted by Gasteiger charge is -2.05. The first kappa shape index (κ1) is 13.6. The Balaban J connectivity index is 2.26. The maximum atomic E-state index is 11.5. The van der Waals surface area contributed by atoms with Crippen molar-refractivity contribution in [1.82, 2.24) is 14.8 Å². The third-order valence-electron chi connectivity index (χ3n) is 2.45. The summed E-state index contributed by atoms with van der Waals surface area (Å²) in [5.41, 5.74) is 0.460. The molecular weight excluding hydrogens is 273 g/mol. The van der Waals surface area contributed by atoms with Crippen molar-refractivity contribution in [2.24, 2.45) is 7.05 Å². The number of thioether (sulfide) groups is 1. The fourth-order valence-corrected chi connectivity index (χ4v) is 2.26. The Kier molecular flexibility index (Phi) is 4.23. The molecule has 1 heterocycles. The summed E-state index contributed by atoms with van der Waals surface area (Å²) in [6.07, 6.45) is 0. The summed E-state index contributed by atoms with van der Waals surface area (Å²) in [6.45, 7) is -0.0304. The predicted molar refractivity (Wildman–Crippen MR) is 67.6 cm³/mol. The number of aromatic hydroxyl groups is 2. The lowest BCUT2D eigenvalue weighted by Crippen LogP contribution is -1.97. The summed E-state index contributed by atoms with van der Waals surface area (Å²) in [5, 5.41) is 27.5. The Morgan fingerprint density at radius 2 is 2.16 bits per heavy atom. The molecule has 0 spiro atoms. The number of rotatable bonds is 5. The van der Waals surface area contributed by atoms with Crippen molar-refractivity contribution >= 4 is 11.8 Å². The summed E-state index contributed by atoms with van der Waals surface area (Å²) in [5.74, 6) is 0.753. The second kappa shape index (κ2) is 5.89. The molecule has 0 fully saturated rings. The van der Waals surface area contributed by atoms with Crippen LogP contribution in [0, 0.1) is 0 Å². The van der Waals surface area contributed by atoms with Crippen LogP contribution in [0.2, 0.25) is 0 Å². The van der Waals surface area contributed by atoms with Crippen LogP contribution in [-0.4, -0.2) is 37.3 Å². The fourth-order valence-electron chi connectivity index (χ4n) is 1.55. The number of aromatic nitrogens is 3. The molecule has 19 heavy (non-hydrogen) atoms. The van der Waals surface area contributed by atoms with Crippen molar-refractivity contribution in [3.63, 3.8) is 0 Å². The van der Waals surface area contributed by atoms with Gasteiger partial charge in [-0.25, -0.2) is 0 Å². The Bertz CT molecular complexity index is 576. The van der Waals surface area contributed by atoms with E-state index in [1.54, 1.807) is 17.7 Å². The van der Waals surface area contributed by atoms with Crippen LogP contribution in [0.25, 0.3) is 11.4 Å². The van der Waals surface area contributed by atoms with Crippen LogP contribution in [0.15, 0.2) is 23.4 Å². The minimum atomic E-state index is -0.0841. The number of phenolic OH excluding ortho intramolecular Hbond substituents is 2. The number of phenols is 2. The zero-order chi connectivity index (χ0) is 13.8. The molecule has 0 atom stereocenters. The van der Waals surface area contributed by atoms with Gasteiger partial charge in [0.2, 0.25) is 0 Å². The van der Waals surface area contributed by atoms with Crippen LogP contribution >= 0.6 is 11.8 Å². The lowest BCUT2D eigenvalue weighted by molar-refractivity contribution is -0.124. The van der Waals surface area contributed by atoms with E-state index in [0.717, 1.165) is 0 Å². The van der Waals surface area contributed by atoms with E-state index in [4.69, 9.17) is 0 Å². The first-order valence-corrected chi connectivity index (χ1v) is 6.40. The van der Waals surface area contributed by atoms with Crippen molar-refractivity contribution in [2.75, 3.05) is 12.4 Å². The molecule has 0 radical (unpaired) electrons. The average molecular weight is 285 g/mol. The Labute approximate surface area is 112 Å². The Morgan fingerprint density at radius 1 is 1.37 bits per heavy atom.